The normalized spacial score (nSPS) is 38.6. The number of hydrogen-bond acceptors (Lipinski definition) is 11. The number of ether oxygens (including phenoxy) is 5. The Morgan fingerprint density at radius 3 is 2.39 bits per heavy atom. The van der Waals surface area contributed by atoms with E-state index in [-0.39, 0.29) is 42.6 Å². The van der Waals surface area contributed by atoms with Gasteiger partial charge in [-0.2, -0.15) is 0 Å². The van der Waals surface area contributed by atoms with Crippen molar-refractivity contribution in [1.82, 2.24) is 9.80 Å². The number of aliphatic hydroxyl groups is 1. The third kappa shape index (κ3) is 11.7. The molecule has 62 heavy (non-hydrogen) atoms. The van der Waals surface area contributed by atoms with Gasteiger partial charge in [0.15, 0.2) is 0 Å². The maximum Gasteiger partial charge on any atom is 0.329 e. The first-order valence-corrected chi connectivity index (χ1v) is 23.4. The van der Waals surface area contributed by atoms with E-state index in [4.69, 9.17) is 28.7 Å². The summed E-state index contributed by atoms with van der Waals surface area (Å²) in [6.07, 6.45) is 14.3. The third-order valence-corrected chi connectivity index (χ3v) is 14.3. The van der Waals surface area contributed by atoms with Crippen molar-refractivity contribution in [2.45, 2.75) is 179 Å². The number of esters is 1. The lowest BCUT2D eigenvalue weighted by Gasteiger charge is -2.47. The molecule has 0 aromatic rings. The summed E-state index contributed by atoms with van der Waals surface area (Å²) in [5.74, 6) is -5.31. The van der Waals surface area contributed by atoms with E-state index in [1.54, 1.807) is 28.3 Å². The molecule has 2 saturated heterocycles. The number of aliphatic imine (C=N–C) groups is 1. The molecule has 5 rings (SSSR count). The van der Waals surface area contributed by atoms with E-state index in [1.807, 2.05) is 34.7 Å². The second kappa shape index (κ2) is 22.1. The van der Waals surface area contributed by atoms with Crippen molar-refractivity contribution in [3.63, 3.8) is 0 Å². The standard InChI is InChI=1S/C49H77N3O10/c1-11-36-26-31(2)25-32(3)27-40(59-9)44-41(60-10)28-35(6)49(57,62-44)45(54)46(55)52-24-15-12-18-38(52)47(56)61-43(33(4)20-21-39(36)53)34(5)29-48(22-16-17-37(30-48)58-8)50-42-19-13-14-23-51(42)7/h13-14,26,29,32-33,35-38,40-41,43-44,57H,11-12,15-25,27-28,30H2,1-10H3. The molecule has 12 atom stereocenters. The van der Waals surface area contributed by atoms with Crippen LogP contribution in [0.25, 0.3) is 0 Å². The van der Waals surface area contributed by atoms with Gasteiger partial charge in [0.2, 0.25) is 5.79 Å². The molecule has 0 radical (unpaired) electrons. The Labute approximate surface area is 371 Å². The first-order chi connectivity index (χ1) is 29.5. The number of carbonyl (C=O) groups is 4. The van der Waals surface area contributed by atoms with Gasteiger partial charge >= 0.3 is 5.97 Å². The van der Waals surface area contributed by atoms with Crippen LogP contribution in [0.4, 0.5) is 0 Å². The van der Waals surface area contributed by atoms with Crippen molar-refractivity contribution in [1.29, 1.82) is 0 Å². The highest BCUT2D eigenvalue weighted by atomic mass is 16.7. The number of Topliss-reactive ketones (excluding diaryl/α,β-unsaturated/α-hetero) is 2. The number of fused-ring (bicyclic) bond motifs is 3. The molecular formula is C49H77N3O10. The summed E-state index contributed by atoms with van der Waals surface area (Å²) in [5, 5.41) is 12.2. The fourth-order valence-electron chi connectivity index (χ4n) is 10.7. The minimum Gasteiger partial charge on any atom is -0.456 e. The molecule has 1 amide bonds. The van der Waals surface area contributed by atoms with Gasteiger partial charge in [0.25, 0.3) is 11.7 Å². The van der Waals surface area contributed by atoms with Crippen LogP contribution in [0.1, 0.15) is 131 Å². The highest BCUT2D eigenvalue weighted by Gasteiger charge is 2.56. The van der Waals surface area contributed by atoms with Crippen molar-refractivity contribution in [2.24, 2.45) is 28.7 Å². The van der Waals surface area contributed by atoms with Crippen molar-refractivity contribution >= 4 is 29.3 Å². The van der Waals surface area contributed by atoms with Gasteiger partial charge < -0.3 is 38.6 Å². The summed E-state index contributed by atoms with van der Waals surface area (Å²) in [6, 6.07) is -1.06. The Morgan fingerprint density at radius 1 is 0.984 bits per heavy atom. The van der Waals surface area contributed by atoms with E-state index < -0.39 is 65.4 Å². The van der Waals surface area contributed by atoms with Crippen LogP contribution in [0.15, 0.2) is 40.4 Å². The Bertz CT molecular complexity index is 1710. The third-order valence-electron chi connectivity index (χ3n) is 14.3. The van der Waals surface area contributed by atoms with Crippen LogP contribution in [0.2, 0.25) is 0 Å². The van der Waals surface area contributed by atoms with E-state index in [0.29, 0.717) is 57.8 Å². The number of allylic oxidation sites excluding steroid dienone is 2. The van der Waals surface area contributed by atoms with Crippen LogP contribution < -0.4 is 0 Å². The SMILES string of the molecule is CCC1C=C(C)CC(C)CC(OC)C2OC(O)(C(=O)C(=O)N3CCCCC3C(=O)OC(C(C)=CC3(N=C4CC=CCN4C)CCCC(OC)C3)C(C)CCC1=O)C(C)CC2OC. The van der Waals surface area contributed by atoms with E-state index in [1.165, 1.54) is 4.90 Å². The minimum atomic E-state index is -2.47. The molecule has 4 heterocycles. The van der Waals surface area contributed by atoms with Crippen LogP contribution in [0, 0.1) is 23.7 Å². The molecule has 1 aliphatic carbocycles. The number of cyclic esters (lactones) is 1. The molecule has 1 N–H and O–H groups in total. The fraction of sp³-hybridized carbons (Fsp3) is 0.776. The van der Waals surface area contributed by atoms with Crippen molar-refractivity contribution in [2.75, 3.05) is 41.5 Å². The highest BCUT2D eigenvalue weighted by Crippen LogP contribution is 2.40. The Kier molecular flexibility index (Phi) is 17.8. The van der Waals surface area contributed by atoms with Gasteiger partial charge in [0.05, 0.1) is 23.9 Å². The molecule has 1 saturated carbocycles. The molecule has 13 nitrogen and oxygen atoms in total. The van der Waals surface area contributed by atoms with Crippen LogP contribution in [-0.2, 0) is 42.9 Å². The van der Waals surface area contributed by atoms with E-state index in [9.17, 15) is 24.3 Å². The summed E-state index contributed by atoms with van der Waals surface area (Å²) in [7, 11) is 6.91. The van der Waals surface area contributed by atoms with Gasteiger partial charge in [-0.05, 0) is 102 Å². The molecule has 4 aliphatic heterocycles. The lowest BCUT2D eigenvalue weighted by atomic mass is 9.78. The second-order valence-electron chi connectivity index (χ2n) is 19.2. The number of nitrogens with zero attached hydrogens (tertiary/aromatic N) is 3. The lowest BCUT2D eigenvalue weighted by molar-refractivity contribution is -0.302. The summed E-state index contributed by atoms with van der Waals surface area (Å²) >= 11 is 0. The summed E-state index contributed by atoms with van der Waals surface area (Å²) in [6.45, 7) is 12.8. The van der Waals surface area contributed by atoms with Crippen molar-refractivity contribution in [3.8, 4) is 0 Å². The maximum atomic E-state index is 14.6. The van der Waals surface area contributed by atoms with Crippen LogP contribution in [-0.4, -0.2) is 134 Å². The second-order valence-corrected chi connectivity index (χ2v) is 19.2. The van der Waals surface area contributed by atoms with Crippen LogP contribution in [0.3, 0.4) is 0 Å². The number of methoxy groups -OCH3 is 3. The number of piperidine rings is 1. The molecule has 13 heteroatoms. The predicted molar refractivity (Wildman–Crippen MR) is 238 cm³/mol. The van der Waals surface area contributed by atoms with E-state index in [2.05, 4.69) is 36.1 Å². The molecule has 3 fully saturated rings. The number of carbonyl (C=O) groups excluding carboxylic acids is 4. The number of rotatable bonds is 7. The topological polar surface area (TPSA) is 153 Å². The summed E-state index contributed by atoms with van der Waals surface area (Å²) in [5.41, 5.74) is 1.29. The number of likely N-dealkylation sites (N-methyl/N-ethyl adjacent to an activating group) is 1. The van der Waals surface area contributed by atoms with E-state index in [0.717, 1.165) is 49.2 Å². The predicted octanol–water partition coefficient (Wildman–Crippen LogP) is 6.94. The summed E-state index contributed by atoms with van der Waals surface area (Å²) < 4.78 is 30.6. The monoisotopic (exact) mass is 868 g/mol. The van der Waals surface area contributed by atoms with Gasteiger partial charge in [-0.25, -0.2) is 4.79 Å². The largest absolute Gasteiger partial charge is 0.456 e. The Hall–Kier alpha value is -3.23. The summed E-state index contributed by atoms with van der Waals surface area (Å²) in [4.78, 5) is 66.3. The lowest BCUT2D eigenvalue weighted by Crippen LogP contribution is -2.64. The quantitative estimate of drug-likeness (QED) is 0.161. The van der Waals surface area contributed by atoms with Crippen LogP contribution in [0.5, 0.6) is 0 Å². The smallest absolute Gasteiger partial charge is 0.329 e. The molecule has 0 spiro atoms. The number of hydrogen-bond donors (Lipinski definition) is 1. The molecule has 0 aromatic carbocycles. The van der Waals surface area contributed by atoms with Gasteiger partial charge in [-0.3, -0.25) is 19.4 Å². The molecule has 348 valence electrons. The van der Waals surface area contributed by atoms with Crippen molar-refractivity contribution < 1.29 is 48.0 Å². The van der Waals surface area contributed by atoms with Gasteiger partial charge in [-0.15, -0.1) is 0 Å². The first kappa shape index (κ1) is 49.8. The van der Waals surface area contributed by atoms with Gasteiger partial charge in [-0.1, -0.05) is 57.6 Å². The zero-order valence-corrected chi connectivity index (χ0v) is 39.4. The van der Waals surface area contributed by atoms with E-state index >= 15 is 0 Å². The zero-order chi connectivity index (χ0) is 45.4. The molecule has 5 aliphatic rings. The molecular weight excluding hydrogens is 791 g/mol. The van der Waals surface area contributed by atoms with Crippen LogP contribution >= 0.6 is 0 Å². The van der Waals surface area contributed by atoms with Gasteiger partial charge in [0, 0.05) is 72.6 Å². The highest BCUT2D eigenvalue weighted by molar-refractivity contribution is 6.39. The molecule has 12 unspecified atom stereocenters. The van der Waals surface area contributed by atoms with Gasteiger partial charge in [0.1, 0.15) is 29.9 Å². The zero-order valence-electron chi connectivity index (χ0n) is 39.4. The average molecular weight is 868 g/mol. The Morgan fingerprint density at radius 2 is 1.71 bits per heavy atom. The number of ketones is 2. The molecule has 0 aromatic heterocycles. The fourth-order valence-corrected chi connectivity index (χ4v) is 10.7. The maximum absolute atomic E-state index is 14.6. The first-order valence-electron chi connectivity index (χ1n) is 23.4. The average Bonchev–Trinajstić information content (AvgIpc) is 3.26. The number of amides is 1. The minimum absolute atomic E-state index is 0.00817. The number of amidine groups is 1. The van der Waals surface area contributed by atoms with Crippen molar-refractivity contribution in [3.05, 3.63) is 35.5 Å². The molecule has 2 bridgehead atoms. The Balaban J connectivity index is 1.57.